The second-order valence-corrected chi connectivity index (χ2v) is 4.85. The number of hydrogen-bond donors (Lipinski definition) is 1. The lowest BCUT2D eigenvalue weighted by Gasteiger charge is -2.24. The van der Waals surface area contributed by atoms with E-state index in [0.29, 0.717) is 6.42 Å². The molecule has 0 spiro atoms. The molecule has 0 amide bonds. The lowest BCUT2D eigenvalue weighted by atomic mass is 9.88. The molecule has 1 saturated carbocycles. The Morgan fingerprint density at radius 2 is 1.75 bits per heavy atom. The first-order valence-electron chi connectivity index (χ1n) is 6.19. The van der Waals surface area contributed by atoms with Gasteiger partial charge in [-0.3, -0.25) is 4.39 Å². The van der Waals surface area contributed by atoms with Crippen molar-refractivity contribution in [3.8, 4) is 0 Å². The van der Waals surface area contributed by atoms with Crippen LogP contribution in [0.25, 0.3) is 0 Å². The second-order valence-electron chi connectivity index (χ2n) is 4.85. The lowest BCUT2D eigenvalue weighted by Crippen LogP contribution is -2.32. The van der Waals surface area contributed by atoms with Crippen molar-refractivity contribution in [2.24, 2.45) is 5.73 Å². The van der Waals surface area contributed by atoms with Gasteiger partial charge in [0.1, 0.15) is 0 Å². The molecule has 2 heteroatoms. The van der Waals surface area contributed by atoms with Crippen molar-refractivity contribution in [1.82, 2.24) is 0 Å². The minimum atomic E-state index is -0.234. The van der Waals surface area contributed by atoms with Crippen LogP contribution in [-0.4, -0.2) is 6.67 Å². The first-order valence-corrected chi connectivity index (χ1v) is 6.19. The van der Waals surface area contributed by atoms with Gasteiger partial charge in [-0.1, -0.05) is 37.1 Å². The number of benzene rings is 1. The van der Waals surface area contributed by atoms with Crippen molar-refractivity contribution in [2.75, 3.05) is 6.67 Å². The number of halogens is 1. The quantitative estimate of drug-likeness (QED) is 0.829. The van der Waals surface area contributed by atoms with Gasteiger partial charge in [0.25, 0.3) is 0 Å². The molecule has 1 fully saturated rings. The minimum Gasteiger partial charge on any atom is -0.321 e. The molecule has 0 bridgehead atoms. The molecule has 16 heavy (non-hydrogen) atoms. The molecule has 1 aliphatic rings. The van der Waals surface area contributed by atoms with Crippen LogP contribution in [0.5, 0.6) is 0 Å². The Morgan fingerprint density at radius 3 is 2.31 bits per heavy atom. The van der Waals surface area contributed by atoms with Gasteiger partial charge >= 0.3 is 0 Å². The Morgan fingerprint density at radius 1 is 1.12 bits per heavy atom. The van der Waals surface area contributed by atoms with Gasteiger partial charge < -0.3 is 5.73 Å². The third-order valence-electron chi connectivity index (χ3n) is 3.62. The third-order valence-corrected chi connectivity index (χ3v) is 3.62. The highest BCUT2D eigenvalue weighted by Gasteiger charge is 2.30. The molecule has 0 radical (unpaired) electrons. The average Bonchev–Trinajstić information content (AvgIpc) is 2.75. The number of hydrogen-bond acceptors (Lipinski definition) is 1. The van der Waals surface area contributed by atoms with E-state index in [2.05, 4.69) is 24.3 Å². The zero-order valence-corrected chi connectivity index (χ0v) is 9.71. The Kier molecular flexibility index (Phi) is 3.59. The molecule has 0 saturated heterocycles. The SMILES string of the molecule is NC1(c2ccc(CCCF)cc2)CCCC1. The molecule has 88 valence electrons. The van der Waals surface area contributed by atoms with Gasteiger partial charge in [0.15, 0.2) is 0 Å². The predicted molar refractivity (Wildman–Crippen MR) is 65.1 cm³/mol. The molecular formula is C14H20FN. The monoisotopic (exact) mass is 221 g/mol. The van der Waals surface area contributed by atoms with Crippen LogP contribution in [0.1, 0.15) is 43.2 Å². The summed E-state index contributed by atoms with van der Waals surface area (Å²) in [6, 6.07) is 8.44. The predicted octanol–water partition coefficient (Wildman–Crippen LogP) is 3.32. The van der Waals surface area contributed by atoms with Crippen LogP contribution >= 0.6 is 0 Å². The van der Waals surface area contributed by atoms with Crippen molar-refractivity contribution < 1.29 is 4.39 Å². The van der Waals surface area contributed by atoms with E-state index in [1.807, 2.05) is 0 Å². The van der Waals surface area contributed by atoms with E-state index in [1.165, 1.54) is 24.0 Å². The van der Waals surface area contributed by atoms with Crippen LogP contribution in [-0.2, 0) is 12.0 Å². The van der Waals surface area contributed by atoms with Gasteiger partial charge in [-0.05, 0) is 36.8 Å². The largest absolute Gasteiger partial charge is 0.321 e. The zero-order valence-electron chi connectivity index (χ0n) is 9.71. The lowest BCUT2D eigenvalue weighted by molar-refractivity contribution is 0.461. The van der Waals surface area contributed by atoms with Crippen molar-refractivity contribution in [2.45, 2.75) is 44.1 Å². The van der Waals surface area contributed by atoms with E-state index in [4.69, 9.17) is 5.73 Å². The molecule has 0 aliphatic heterocycles. The van der Waals surface area contributed by atoms with E-state index < -0.39 is 0 Å². The molecular weight excluding hydrogens is 201 g/mol. The number of aryl methyl sites for hydroxylation is 1. The van der Waals surface area contributed by atoms with Crippen LogP contribution < -0.4 is 5.73 Å². The van der Waals surface area contributed by atoms with Gasteiger partial charge in [-0.15, -0.1) is 0 Å². The summed E-state index contributed by atoms with van der Waals surface area (Å²) < 4.78 is 12.0. The van der Waals surface area contributed by atoms with Gasteiger partial charge in [0.2, 0.25) is 0 Å². The highest BCUT2D eigenvalue weighted by Crippen LogP contribution is 2.36. The van der Waals surface area contributed by atoms with Gasteiger partial charge in [-0.25, -0.2) is 0 Å². The molecule has 0 atom stereocenters. The van der Waals surface area contributed by atoms with Crippen molar-refractivity contribution >= 4 is 0 Å². The smallest absolute Gasteiger partial charge is 0.0897 e. The van der Waals surface area contributed by atoms with Crippen molar-refractivity contribution in [3.63, 3.8) is 0 Å². The second kappa shape index (κ2) is 4.96. The molecule has 1 aromatic carbocycles. The fourth-order valence-corrected chi connectivity index (χ4v) is 2.57. The fraction of sp³-hybridized carbons (Fsp3) is 0.571. The topological polar surface area (TPSA) is 26.0 Å². The summed E-state index contributed by atoms with van der Waals surface area (Å²) in [6.45, 7) is -0.234. The normalized spacial score (nSPS) is 18.9. The summed E-state index contributed by atoms with van der Waals surface area (Å²) in [5, 5.41) is 0. The molecule has 2 N–H and O–H groups in total. The van der Waals surface area contributed by atoms with Crippen LogP contribution in [0.2, 0.25) is 0 Å². The number of rotatable bonds is 4. The van der Waals surface area contributed by atoms with E-state index in [9.17, 15) is 4.39 Å². The van der Waals surface area contributed by atoms with Crippen LogP contribution in [0.15, 0.2) is 24.3 Å². The molecule has 0 heterocycles. The Balaban J connectivity index is 2.06. The maximum Gasteiger partial charge on any atom is 0.0897 e. The van der Waals surface area contributed by atoms with Crippen molar-refractivity contribution in [3.05, 3.63) is 35.4 Å². The summed E-state index contributed by atoms with van der Waals surface area (Å²) in [5.41, 5.74) is 8.73. The van der Waals surface area contributed by atoms with Gasteiger partial charge in [-0.2, -0.15) is 0 Å². The summed E-state index contributed by atoms with van der Waals surface area (Å²) in [4.78, 5) is 0. The summed E-state index contributed by atoms with van der Waals surface area (Å²) >= 11 is 0. The third kappa shape index (κ3) is 2.43. The Hall–Kier alpha value is -0.890. The number of nitrogens with two attached hydrogens (primary N) is 1. The molecule has 0 aromatic heterocycles. The average molecular weight is 221 g/mol. The van der Waals surface area contributed by atoms with E-state index in [1.54, 1.807) is 0 Å². The fourth-order valence-electron chi connectivity index (χ4n) is 2.57. The highest BCUT2D eigenvalue weighted by molar-refractivity contribution is 5.29. The molecule has 1 aliphatic carbocycles. The van der Waals surface area contributed by atoms with Crippen LogP contribution in [0, 0.1) is 0 Å². The number of alkyl halides is 1. The maximum atomic E-state index is 12.0. The van der Waals surface area contributed by atoms with Crippen molar-refractivity contribution in [1.29, 1.82) is 0 Å². The highest BCUT2D eigenvalue weighted by atomic mass is 19.1. The Bertz CT molecular complexity index is 325. The van der Waals surface area contributed by atoms with Gasteiger partial charge in [0, 0.05) is 5.54 Å². The summed E-state index contributed by atoms with van der Waals surface area (Å²) in [6.07, 6.45) is 6.11. The van der Waals surface area contributed by atoms with E-state index >= 15 is 0 Å². The first-order chi connectivity index (χ1) is 7.74. The Labute approximate surface area is 96.9 Å². The first kappa shape index (κ1) is 11.6. The maximum absolute atomic E-state index is 12.0. The van der Waals surface area contributed by atoms with E-state index in [-0.39, 0.29) is 12.2 Å². The van der Waals surface area contributed by atoms with Crippen LogP contribution in [0.4, 0.5) is 4.39 Å². The van der Waals surface area contributed by atoms with Crippen LogP contribution in [0.3, 0.4) is 0 Å². The zero-order chi connectivity index (χ0) is 11.4. The minimum absolute atomic E-state index is 0.0986. The standard InChI is InChI=1S/C14H20FN/c15-11-3-4-12-5-7-13(8-6-12)14(16)9-1-2-10-14/h5-8H,1-4,9-11,16H2. The summed E-state index contributed by atoms with van der Waals surface area (Å²) in [5.74, 6) is 0. The summed E-state index contributed by atoms with van der Waals surface area (Å²) in [7, 11) is 0. The molecule has 1 aromatic rings. The molecule has 1 nitrogen and oxygen atoms in total. The molecule has 0 unspecified atom stereocenters. The molecule has 2 rings (SSSR count). The van der Waals surface area contributed by atoms with Gasteiger partial charge in [0.05, 0.1) is 6.67 Å². The van der Waals surface area contributed by atoms with E-state index in [0.717, 1.165) is 19.3 Å².